The van der Waals surface area contributed by atoms with Crippen LogP contribution in [0.25, 0.3) is 0 Å². The van der Waals surface area contributed by atoms with Gasteiger partial charge in [-0.3, -0.25) is 4.79 Å². The summed E-state index contributed by atoms with van der Waals surface area (Å²) in [6.45, 7) is 0. The number of carbonyl (C=O) groups is 1. The molecule has 1 aromatic heterocycles. The topological polar surface area (TPSA) is 113 Å². The average molecular weight is 407 g/mol. The van der Waals surface area contributed by atoms with Gasteiger partial charge in [-0.05, 0) is 48.6 Å². The monoisotopic (exact) mass is 406 g/mol. The lowest BCUT2D eigenvalue weighted by atomic mass is 9.80. The molecule has 0 saturated heterocycles. The highest BCUT2D eigenvalue weighted by Gasteiger charge is 2.27. The van der Waals surface area contributed by atoms with E-state index in [1.807, 2.05) is 0 Å². The highest BCUT2D eigenvalue weighted by atomic mass is 32.2. The molecule has 0 atom stereocenters. The van der Waals surface area contributed by atoms with Crippen LogP contribution in [0, 0.1) is 22.7 Å². The van der Waals surface area contributed by atoms with Crippen LogP contribution in [0.5, 0.6) is 5.75 Å². The molecule has 1 aromatic carbocycles. The van der Waals surface area contributed by atoms with E-state index in [0.29, 0.717) is 33.0 Å². The van der Waals surface area contributed by atoms with Crippen LogP contribution in [-0.4, -0.2) is 23.6 Å². The fourth-order valence-electron chi connectivity index (χ4n) is 3.72. The van der Waals surface area contributed by atoms with E-state index in [-0.39, 0.29) is 23.3 Å². The fraction of sp³-hybridized carbons (Fsp3) is 0.364. The van der Waals surface area contributed by atoms with Gasteiger partial charge in [0.05, 0.1) is 24.0 Å². The van der Waals surface area contributed by atoms with Crippen LogP contribution in [0.15, 0.2) is 29.3 Å². The summed E-state index contributed by atoms with van der Waals surface area (Å²) < 4.78 is 5.11. The van der Waals surface area contributed by atoms with Gasteiger partial charge in [0.2, 0.25) is 0 Å². The number of nitriles is 2. The summed E-state index contributed by atoms with van der Waals surface area (Å²) in [5.74, 6) is 0.996. The number of pyridine rings is 1. The molecule has 2 aromatic rings. The number of nitrogen functional groups attached to an aromatic ring is 1. The second kappa shape index (κ2) is 9.45. The molecule has 1 saturated carbocycles. The van der Waals surface area contributed by atoms with Crippen molar-refractivity contribution >= 4 is 23.4 Å². The minimum atomic E-state index is -0.0782. The molecule has 1 aliphatic carbocycles. The van der Waals surface area contributed by atoms with E-state index in [2.05, 4.69) is 17.1 Å². The van der Waals surface area contributed by atoms with Gasteiger partial charge in [0, 0.05) is 5.56 Å². The lowest BCUT2D eigenvalue weighted by Crippen LogP contribution is -2.13. The van der Waals surface area contributed by atoms with Crippen molar-refractivity contribution < 1.29 is 9.53 Å². The van der Waals surface area contributed by atoms with Gasteiger partial charge in [0.15, 0.2) is 5.78 Å². The number of aromatic nitrogens is 1. The first-order chi connectivity index (χ1) is 14.1. The average Bonchev–Trinajstić information content (AvgIpc) is 2.77. The number of benzene rings is 1. The van der Waals surface area contributed by atoms with Crippen molar-refractivity contribution in [3.05, 3.63) is 46.5 Å². The highest BCUT2D eigenvalue weighted by Crippen LogP contribution is 2.40. The predicted octanol–water partition coefficient (Wildman–Crippen LogP) is 4.44. The van der Waals surface area contributed by atoms with E-state index in [1.165, 1.54) is 18.2 Å². The van der Waals surface area contributed by atoms with Crippen molar-refractivity contribution in [2.45, 2.75) is 43.0 Å². The molecule has 148 valence electrons. The van der Waals surface area contributed by atoms with Gasteiger partial charge >= 0.3 is 0 Å². The first kappa shape index (κ1) is 20.7. The number of Topliss-reactive ketones (excluding diaryl/α,β-unsaturated/α-hetero) is 1. The summed E-state index contributed by atoms with van der Waals surface area (Å²) in [6.07, 6.45) is 5.17. The van der Waals surface area contributed by atoms with E-state index in [0.717, 1.165) is 25.7 Å². The first-order valence-electron chi connectivity index (χ1n) is 9.52. The Balaban J connectivity index is 1.88. The highest BCUT2D eigenvalue weighted by molar-refractivity contribution is 8.00. The lowest BCUT2D eigenvalue weighted by Gasteiger charge is -2.25. The summed E-state index contributed by atoms with van der Waals surface area (Å²) in [5.41, 5.74) is 8.02. The Morgan fingerprint density at radius 1 is 1.17 bits per heavy atom. The largest absolute Gasteiger partial charge is 0.497 e. The number of anilines is 1. The smallest absolute Gasteiger partial charge is 0.173 e. The van der Waals surface area contributed by atoms with Crippen molar-refractivity contribution in [2.75, 3.05) is 18.6 Å². The molecule has 0 amide bonds. The van der Waals surface area contributed by atoms with E-state index >= 15 is 0 Å². The summed E-state index contributed by atoms with van der Waals surface area (Å²) in [5, 5.41) is 19.9. The van der Waals surface area contributed by atoms with Crippen molar-refractivity contribution in [1.29, 1.82) is 10.5 Å². The number of thioether (sulfide) groups is 1. The first-order valence-corrected chi connectivity index (χ1v) is 10.5. The maximum Gasteiger partial charge on any atom is 0.173 e. The Hall–Kier alpha value is -3.03. The van der Waals surface area contributed by atoms with Crippen LogP contribution in [0.3, 0.4) is 0 Å². The Bertz CT molecular complexity index is 984. The summed E-state index contributed by atoms with van der Waals surface area (Å²) in [4.78, 5) is 16.8. The normalized spacial score (nSPS) is 14.0. The van der Waals surface area contributed by atoms with Gasteiger partial charge in [-0.25, -0.2) is 4.98 Å². The van der Waals surface area contributed by atoms with E-state index in [9.17, 15) is 15.3 Å². The van der Waals surface area contributed by atoms with Crippen LogP contribution < -0.4 is 10.5 Å². The Morgan fingerprint density at radius 2 is 1.83 bits per heavy atom. The predicted molar refractivity (Wildman–Crippen MR) is 112 cm³/mol. The molecule has 0 unspecified atom stereocenters. The van der Waals surface area contributed by atoms with Crippen LogP contribution in [0.2, 0.25) is 0 Å². The summed E-state index contributed by atoms with van der Waals surface area (Å²) in [6, 6.07) is 11.2. The van der Waals surface area contributed by atoms with Crippen molar-refractivity contribution in [3.8, 4) is 17.9 Å². The number of carbonyl (C=O) groups excluding carboxylic acids is 1. The number of ketones is 1. The SMILES string of the molecule is COc1ccc(C(=O)CSc2nc(N)c(C#N)c(C3CCCCC3)c2C#N)cc1. The third-order valence-corrected chi connectivity index (χ3v) is 6.20. The molecule has 0 aliphatic heterocycles. The van der Waals surface area contributed by atoms with Gasteiger partial charge in [0.1, 0.15) is 28.7 Å². The second-order valence-electron chi connectivity index (χ2n) is 6.96. The second-order valence-corrected chi connectivity index (χ2v) is 7.93. The van der Waals surface area contributed by atoms with Gasteiger partial charge in [-0.1, -0.05) is 31.0 Å². The molecule has 1 fully saturated rings. The molecule has 0 spiro atoms. The number of methoxy groups -OCH3 is 1. The number of hydrogen-bond acceptors (Lipinski definition) is 7. The zero-order chi connectivity index (χ0) is 20.8. The molecule has 1 aliphatic rings. The van der Waals surface area contributed by atoms with Gasteiger partial charge in [-0.2, -0.15) is 10.5 Å². The van der Waals surface area contributed by atoms with Crippen LogP contribution in [0.1, 0.15) is 65.1 Å². The van der Waals surface area contributed by atoms with Crippen LogP contribution in [-0.2, 0) is 0 Å². The van der Waals surface area contributed by atoms with E-state index in [1.54, 1.807) is 31.4 Å². The standard InChI is InChI=1S/C22H22N4O2S/c1-28-16-9-7-14(8-10-16)19(27)13-29-22-18(12-24)20(15-5-3-2-4-6-15)17(11-23)21(25)26-22/h7-10,15H,2-6,13H2,1H3,(H2,25,26). The quantitative estimate of drug-likeness (QED) is 0.557. The number of ether oxygens (including phenoxy) is 1. The molecule has 1 heterocycles. The third-order valence-electron chi connectivity index (χ3n) is 5.22. The molecule has 6 nitrogen and oxygen atoms in total. The van der Waals surface area contributed by atoms with Gasteiger partial charge in [0.25, 0.3) is 0 Å². The number of rotatable bonds is 6. The van der Waals surface area contributed by atoms with Crippen molar-refractivity contribution in [2.24, 2.45) is 0 Å². The Labute approximate surface area is 174 Å². The van der Waals surface area contributed by atoms with Crippen LogP contribution >= 0.6 is 11.8 Å². The lowest BCUT2D eigenvalue weighted by molar-refractivity contribution is 0.102. The maximum atomic E-state index is 12.6. The number of nitrogens with two attached hydrogens (primary N) is 1. The fourth-order valence-corrected chi connectivity index (χ4v) is 4.62. The molecule has 3 rings (SSSR count). The number of hydrogen-bond donors (Lipinski definition) is 1. The molecular formula is C22H22N4O2S. The maximum absolute atomic E-state index is 12.6. The summed E-state index contributed by atoms with van der Waals surface area (Å²) in [7, 11) is 1.57. The minimum absolute atomic E-state index is 0.0782. The Kier molecular flexibility index (Phi) is 6.74. The van der Waals surface area contributed by atoms with E-state index < -0.39 is 0 Å². The molecule has 7 heteroatoms. The molecular weight excluding hydrogens is 384 g/mol. The van der Waals surface area contributed by atoms with Gasteiger partial charge in [-0.15, -0.1) is 0 Å². The van der Waals surface area contributed by atoms with Crippen LogP contribution in [0.4, 0.5) is 5.82 Å². The Morgan fingerprint density at radius 3 is 2.41 bits per heavy atom. The zero-order valence-corrected chi connectivity index (χ0v) is 17.1. The third kappa shape index (κ3) is 4.52. The molecule has 2 N–H and O–H groups in total. The molecule has 29 heavy (non-hydrogen) atoms. The summed E-state index contributed by atoms with van der Waals surface area (Å²) >= 11 is 1.19. The zero-order valence-electron chi connectivity index (χ0n) is 16.3. The number of nitrogens with zero attached hydrogens (tertiary/aromatic N) is 3. The minimum Gasteiger partial charge on any atom is -0.497 e. The molecule has 0 radical (unpaired) electrons. The van der Waals surface area contributed by atoms with Crippen molar-refractivity contribution in [1.82, 2.24) is 4.98 Å². The molecule has 0 bridgehead atoms. The van der Waals surface area contributed by atoms with Gasteiger partial charge < -0.3 is 10.5 Å². The van der Waals surface area contributed by atoms with Crippen molar-refractivity contribution in [3.63, 3.8) is 0 Å². The van der Waals surface area contributed by atoms with E-state index in [4.69, 9.17) is 10.5 Å².